The molecule has 18 nitrogen and oxygen atoms in total. The largest absolute Gasteiger partial charge is 0.508 e. The minimum absolute atomic E-state index is 0.0172. The molecule has 18 heteroatoms. The van der Waals surface area contributed by atoms with Gasteiger partial charge >= 0.3 is 5.97 Å². The standard InChI is InChI=1S/C31H54N10O8/c1-36-21(7-2-4-14-32)26(44)38-22(8-3-5-15-33)27(45)40-24(17-19-10-12-20(43)13-11-19)29(47)39-23(9-6-16-37-31(34)35)28(46)41-25(18-42)30(48)49/h10-13,21-25,36,42-43H,2-9,14-18,32-33H2,1H3,(H,38,44)(H,39,47)(H,40,45)(H,41,46)(H,48,49)(H4,34,35,37)/t21?,22-,23-,24?,25?/m0/s1. The first kappa shape index (κ1) is 42.5. The van der Waals surface area contributed by atoms with Crippen LogP contribution in [0.4, 0.5) is 0 Å². The minimum atomic E-state index is -1.63. The number of aliphatic carboxylic acids is 1. The van der Waals surface area contributed by atoms with Gasteiger partial charge < -0.3 is 64.8 Å². The summed E-state index contributed by atoms with van der Waals surface area (Å²) >= 11 is 0. The first-order valence-electron chi connectivity index (χ1n) is 16.3. The van der Waals surface area contributed by atoms with Crippen molar-refractivity contribution >= 4 is 35.6 Å². The predicted molar refractivity (Wildman–Crippen MR) is 183 cm³/mol. The zero-order valence-corrected chi connectivity index (χ0v) is 28.0. The van der Waals surface area contributed by atoms with Gasteiger partial charge in [-0.25, -0.2) is 4.79 Å². The molecule has 0 aromatic heterocycles. The fourth-order valence-corrected chi connectivity index (χ4v) is 4.79. The maximum absolute atomic E-state index is 13.8. The average molecular weight is 695 g/mol. The molecule has 1 aromatic carbocycles. The van der Waals surface area contributed by atoms with Crippen LogP contribution in [0.15, 0.2) is 29.3 Å². The number of aliphatic hydroxyl groups is 1. The Morgan fingerprint density at radius 3 is 1.61 bits per heavy atom. The van der Waals surface area contributed by atoms with E-state index in [-0.39, 0.29) is 43.9 Å². The van der Waals surface area contributed by atoms with Gasteiger partial charge in [0.25, 0.3) is 0 Å². The van der Waals surface area contributed by atoms with E-state index in [1.807, 2.05) is 0 Å². The molecule has 0 bridgehead atoms. The maximum atomic E-state index is 13.8. The van der Waals surface area contributed by atoms with Crippen LogP contribution in [0.1, 0.15) is 56.9 Å². The number of phenolic OH excluding ortho intramolecular Hbond substituents is 1. The van der Waals surface area contributed by atoms with Gasteiger partial charge in [-0.3, -0.25) is 24.2 Å². The van der Waals surface area contributed by atoms with Crippen molar-refractivity contribution in [2.75, 3.05) is 33.3 Å². The Kier molecular flexibility index (Phi) is 20.6. The molecule has 3 unspecified atom stereocenters. The van der Waals surface area contributed by atoms with E-state index in [0.29, 0.717) is 44.3 Å². The summed E-state index contributed by atoms with van der Waals surface area (Å²) in [5, 5.41) is 41.7. The molecule has 0 fully saturated rings. The lowest BCUT2D eigenvalue weighted by Gasteiger charge is -2.27. The molecule has 0 heterocycles. The summed E-state index contributed by atoms with van der Waals surface area (Å²) in [6.07, 6.45) is 3.35. The molecule has 1 rings (SSSR count). The zero-order chi connectivity index (χ0) is 36.8. The van der Waals surface area contributed by atoms with Gasteiger partial charge in [0.2, 0.25) is 23.6 Å². The molecule has 4 amide bonds. The summed E-state index contributed by atoms with van der Waals surface area (Å²) in [5.74, 6) is -4.42. The molecule has 0 aliphatic heterocycles. The third kappa shape index (κ3) is 16.9. The van der Waals surface area contributed by atoms with Crippen LogP contribution < -0.4 is 49.5 Å². The van der Waals surface area contributed by atoms with E-state index in [1.165, 1.54) is 12.1 Å². The number of hydrogen-bond donors (Lipinski definition) is 12. The molecule has 0 aliphatic rings. The van der Waals surface area contributed by atoms with Gasteiger partial charge in [-0.1, -0.05) is 18.6 Å². The number of aliphatic imine (C=N–C) groups is 1. The number of nitrogens with two attached hydrogens (primary N) is 4. The second-order valence-corrected chi connectivity index (χ2v) is 11.5. The van der Waals surface area contributed by atoms with Crippen molar-refractivity contribution in [2.45, 2.75) is 88.0 Å². The molecule has 5 atom stereocenters. The van der Waals surface area contributed by atoms with Crippen molar-refractivity contribution < 1.29 is 39.3 Å². The lowest BCUT2D eigenvalue weighted by molar-refractivity contribution is -0.143. The highest BCUT2D eigenvalue weighted by Gasteiger charge is 2.32. The normalized spacial score (nSPS) is 14.0. The third-order valence-electron chi connectivity index (χ3n) is 7.58. The molecule has 276 valence electrons. The molecule has 49 heavy (non-hydrogen) atoms. The zero-order valence-electron chi connectivity index (χ0n) is 28.0. The number of rotatable bonds is 25. The van der Waals surface area contributed by atoms with Crippen LogP contribution in [-0.4, -0.2) is 114 Å². The number of carbonyl (C=O) groups excluding carboxylic acids is 4. The molecule has 0 spiro atoms. The molecular weight excluding hydrogens is 640 g/mol. The number of nitrogens with zero attached hydrogens (tertiary/aromatic N) is 1. The van der Waals surface area contributed by atoms with E-state index in [2.05, 4.69) is 31.6 Å². The number of carboxylic acid groups (broad SMARTS) is 1. The Hall–Kier alpha value is -4.52. The van der Waals surface area contributed by atoms with Gasteiger partial charge in [0.1, 0.15) is 29.9 Å². The molecule has 0 saturated heterocycles. The van der Waals surface area contributed by atoms with E-state index in [9.17, 15) is 39.3 Å². The fourth-order valence-electron chi connectivity index (χ4n) is 4.79. The van der Waals surface area contributed by atoms with Crippen LogP contribution >= 0.6 is 0 Å². The Balaban J connectivity index is 3.34. The molecule has 0 radical (unpaired) electrons. The lowest BCUT2D eigenvalue weighted by Crippen LogP contribution is -2.59. The topological polar surface area (TPSA) is 323 Å². The average Bonchev–Trinajstić information content (AvgIpc) is 3.06. The van der Waals surface area contributed by atoms with Gasteiger partial charge in [-0.2, -0.15) is 0 Å². The Bertz CT molecular complexity index is 1210. The van der Waals surface area contributed by atoms with Crippen LogP contribution in [-0.2, 0) is 30.4 Å². The Labute approximate surface area is 286 Å². The first-order valence-corrected chi connectivity index (χ1v) is 16.3. The number of aromatic hydroxyl groups is 1. The number of guanidine groups is 1. The molecule has 0 saturated carbocycles. The second kappa shape index (κ2) is 23.7. The minimum Gasteiger partial charge on any atom is -0.508 e. The first-order chi connectivity index (χ1) is 23.4. The number of amides is 4. The van der Waals surface area contributed by atoms with Gasteiger partial charge in [0.15, 0.2) is 5.96 Å². The highest BCUT2D eigenvalue weighted by atomic mass is 16.4. The molecule has 1 aromatic rings. The van der Waals surface area contributed by atoms with Crippen LogP contribution in [0, 0.1) is 0 Å². The molecule has 0 aliphatic carbocycles. The summed E-state index contributed by atoms with van der Waals surface area (Å²) in [6, 6.07) is 0.0935. The second-order valence-electron chi connectivity index (χ2n) is 11.5. The van der Waals surface area contributed by atoms with Crippen molar-refractivity contribution in [1.29, 1.82) is 0 Å². The fraction of sp³-hybridized carbons (Fsp3) is 0.613. The number of carboxylic acids is 1. The SMILES string of the molecule is CNC(CCCCN)C(=O)N[C@@H](CCCCN)C(=O)NC(Cc1ccc(O)cc1)C(=O)N[C@@H](CCCN=C(N)N)C(=O)NC(CO)C(=O)O. The van der Waals surface area contributed by atoms with Crippen LogP contribution in [0.2, 0.25) is 0 Å². The number of benzene rings is 1. The smallest absolute Gasteiger partial charge is 0.328 e. The van der Waals surface area contributed by atoms with Gasteiger partial charge in [-0.05, 0) is 82.8 Å². The van der Waals surface area contributed by atoms with Crippen molar-refractivity contribution in [3.63, 3.8) is 0 Å². The van der Waals surface area contributed by atoms with E-state index in [1.54, 1.807) is 19.2 Å². The lowest BCUT2D eigenvalue weighted by atomic mass is 10.0. The highest BCUT2D eigenvalue weighted by molar-refractivity contribution is 5.95. The monoisotopic (exact) mass is 694 g/mol. The maximum Gasteiger partial charge on any atom is 0.328 e. The quantitative estimate of drug-likeness (QED) is 0.0274. The van der Waals surface area contributed by atoms with E-state index >= 15 is 0 Å². The van der Waals surface area contributed by atoms with Crippen molar-refractivity contribution in [1.82, 2.24) is 26.6 Å². The molecular formula is C31H54N10O8. The van der Waals surface area contributed by atoms with Gasteiger partial charge in [0, 0.05) is 13.0 Å². The van der Waals surface area contributed by atoms with Gasteiger partial charge in [0.05, 0.1) is 12.6 Å². The van der Waals surface area contributed by atoms with E-state index < -0.39 is 66.4 Å². The number of carbonyl (C=O) groups is 5. The summed E-state index contributed by atoms with van der Waals surface area (Å²) in [4.78, 5) is 69.1. The van der Waals surface area contributed by atoms with Crippen LogP contribution in [0.5, 0.6) is 5.75 Å². The molecule has 16 N–H and O–H groups in total. The summed E-state index contributed by atoms with van der Waals surface area (Å²) in [7, 11) is 1.64. The van der Waals surface area contributed by atoms with Gasteiger partial charge in [-0.15, -0.1) is 0 Å². The van der Waals surface area contributed by atoms with Crippen molar-refractivity contribution in [2.24, 2.45) is 27.9 Å². The number of likely N-dealkylation sites (N-methyl/N-ethyl adjacent to an activating group) is 1. The third-order valence-corrected chi connectivity index (χ3v) is 7.58. The number of nitrogens with one attached hydrogen (secondary N) is 5. The summed E-state index contributed by atoms with van der Waals surface area (Å²) in [6.45, 7) is 0.0566. The van der Waals surface area contributed by atoms with Crippen LogP contribution in [0.25, 0.3) is 0 Å². The van der Waals surface area contributed by atoms with Crippen molar-refractivity contribution in [3.8, 4) is 5.75 Å². The van der Waals surface area contributed by atoms with Crippen molar-refractivity contribution in [3.05, 3.63) is 29.8 Å². The van der Waals surface area contributed by atoms with E-state index in [4.69, 9.17) is 22.9 Å². The summed E-state index contributed by atoms with van der Waals surface area (Å²) in [5.41, 5.74) is 22.5. The summed E-state index contributed by atoms with van der Waals surface area (Å²) < 4.78 is 0. The Morgan fingerprint density at radius 2 is 1.14 bits per heavy atom. The Morgan fingerprint density at radius 1 is 0.694 bits per heavy atom. The number of hydrogen-bond acceptors (Lipinski definition) is 11. The number of aliphatic hydroxyl groups excluding tert-OH is 1. The van der Waals surface area contributed by atoms with Crippen LogP contribution in [0.3, 0.4) is 0 Å². The van der Waals surface area contributed by atoms with E-state index in [0.717, 1.165) is 6.42 Å². The number of phenols is 1. The highest BCUT2D eigenvalue weighted by Crippen LogP contribution is 2.13. The number of unbranched alkanes of at least 4 members (excludes halogenated alkanes) is 2. The predicted octanol–water partition coefficient (Wildman–Crippen LogP) is -3.15.